The summed E-state index contributed by atoms with van der Waals surface area (Å²) in [6.07, 6.45) is 1.77. The SMILES string of the molecule is CC(C)Nc1ccc2ccnc(Oc3ccccc3)c2c1. The van der Waals surface area contributed by atoms with Crippen molar-refractivity contribution in [2.24, 2.45) is 0 Å². The Balaban J connectivity index is 2.01. The topological polar surface area (TPSA) is 34.2 Å². The van der Waals surface area contributed by atoms with Gasteiger partial charge in [-0.05, 0) is 49.6 Å². The van der Waals surface area contributed by atoms with Crippen molar-refractivity contribution in [3.63, 3.8) is 0 Å². The van der Waals surface area contributed by atoms with E-state index in [4.69, 9.17) is 4.74 Å². The van der Waals surface area contributed by atoms with Gasteiger partial charge in [-0.3, -0.25) is 0 Å². The van der Waals surface area contributed by atoms with E-state index < -0.39 is 0 Å². The van der Waals surface area contributed by atoms with Crippen molar-refractivity contribution in [3.05, 3.63) is 60.8 Å². The molecular weight excluding hydrogens is 260 g/mol. The van der Waals surface area contributed by atoms with Crippen molar-refractivity contribution in [2.75, 3.05) is 5.32 Å². The van der Waals surface area contributed by atoms with E-state index in [1.807, 2.05) is 36.4 Å². The number of nitrogens with zero attached hydrogens (tertiary/aromatic N) is 1. The van der Waals surface area contributed by atoms with Crippen molar-refractivity contribution in [1.29, 1.82) is 0 Å². The zero-order chi connectivity index (χ0) is 14.7. The fourth-order valence-corrected chi connectivity index (χ4v) is 2.25. The third-order valence-electron chi connectivity index (χ3n) is 3.14. The van der Waals surface area contributed by atoms with Crippen molar-refractivity contribution in [2.45, 2.75) is 19.9 Å². The Hall–Kier alpha value is -2.55. The third kappa shape index (κ3) is 3.14. The van der Waals surface area contributed by atoms with Gasteiger partial charge < -0.3 is 10.1 Å². The molecule has 1 aromatic heterocycles. The number of hydrogen-bond donors (Lipinski definition) is 1. The molecule has 0 radical (unpaired) electrons. The van der Waals surface area contributed by atoms with Crippen LogP contribution in [0, 0.1) is 0 Å². The molecule has 106 valence electrons. The number of nitrogens with one attached hydrogen (secondary N) is 1. The van der Waals surface area contributed by atoms with Crippen molar-refractivity contribution in [1.82, 2.24) is 4.98 Å². The Kier molecular flexibility index (Phi) is 3.73. The van der Waals surface area contributed by atoms with Crippen LogP contribution in [0.4, 0.5) is 5.69 Å². The van der Waals surface area contributed by atoms with Gasteiger partial charge in [0.05, 0.1) is 0 Å². The molecule has 0 saturated heterocycles. The predicted molar refractivity (Wildman–Crippen MR) is 87.0 cm³/mol. The Morgan fingerprint density at radius 1 is 1.00 bits per heavy atom. The first-order valence-corrected chi connectivity index (χ1v) is 7.10. The molecule has 0 aliphatic carbocycles. The van der Waals surface area contributed by atoms with Crippen LogP contribution < -0.4 is 10.1 Å². The van der Waals surface area contributed by atoms with Gasteiger partial charge >= 0.3 is 0 Å². The maximum atomic E-state index is 5.91. The lowest BCUT2D eigenvalue weighted by molar-refractivity contribution is 0.469. The molecule has 0 unspecified atom stereocenters. The summed E-state index contributed by atoms with van der Waals surface area (Å²) in [5, 5.41) is 5.53. The number of para-hydroxylation sites is 1. The van der Waals surface area contributed by atoms with Gasteiger partial charge in [0, 0.05) is 23.3 Å². The van der Waals surface area contributed by atoms with Gasteiger partial charge in [-0.2, -0.15) is 0 Å². The molecule has 3 heteroatoms. The Morgan fingerprint density at radius 3 is 2.57 bits per heavy atom. The maximum Gasteiger partial charge on any atom is 0.227 e. The normalized spacial score (nSPS) is 10.8. The van der Waals surface area contributed by atoms with E-state index in [0.717, 1.165) is 22.2 Å². The van der Waals surface area contributed by atoms with E-state index in [2.05, 4.69) is 42.3 Å². The molecule has 0 aliphatic heterocycles. The van der Waals surface area contributed by atoms with Crippen molar-refractivity contribution in [3.8, 4) is 11.6 Å². The summed E-state index contributed by atoms with van der Waals surface area (Å²) in [6.45, 7) is 4.24. The molecule has 2 aromatic carbocycles. The van der Waals surface area contributed by atoms with Gasteiger partial charge in [-0.1, -0.05) is 24.3 Å². The third-order valence-corrected chi connectivity index (χ3v) is 3.14. The van der Waals surface area contributed by atoms with Gasteiger partial charge in [-0.25, -0.2) is 4.98 Å². The fourth-order valence-electron chi connectivity index (χ4n) is 2.25. The highest BCUT2D eigenvalue weighted by Crippen LogP contribution is 2.29. The predicted octanol–water partition coefficient (Wildman–Crippen LogP) is 4.85. The van der Waals surface area contributed by atoms with Crippen molar-refractivity contribution < 1.29 is 4.74 Å². The fraction of sp³-hybridized carbons (Fsp3) is 0.167. The van der Waals surface area contributed by atoms with E-state index in [9.17, 15) is 0 Å². The highest BCUT2D eigenvalue weighted by molar-refractivity contribution is 5.89. The van der Waals surface area contributed by atoms with Crippen LogP contribution in [0.15, 0.2) is 60.8 Å². The number of fused-ring (bicyclic) bond motifs is 1. The summed E-state index contributed by atoms with van der Waals surface area (Å²) in [5.41, 5.74) is 1.07. The second kappa shape index (κ2) is 5.83. The van der Waals surface area contributed by atoms with Crippen LogP contribution in [0.2, 0.25) is 0 Å². The quantitative estimate of drug-likeness (QED) is 0.741. The van der Waals surface area contributed by atoms with Crippen molar-refractivity contribution >= 4 is 16.5 Å². The number of pyridine rings is 1. The molecule has 1 N–H and O–H groups in total. The first-order chi connectivity index (χ1) is 10.2. The zero-order valence-corrected chi connectivity index (χ0v) is 12.2. The summed E-state index contributed by atoms with van der Waals surface area (Å²) in [7, 11) is 0. The first kappa shape index (κ1) is 13.4. The largest absolute Gasteiger partial charge is 0.438 e. The molecule has 0 spiro atoms. The molecule has 0 fully saturated rings. The molecule has 0 aliphatic rings. The van der Waals surface area contributed by atoms with Gasteiger partial charge in [0.1, 0.15) is 5.75 Å². The second-order valence-corrected chi connectivity index (χ2v) is 5.27. The van der Waals surface area contributed by atoms with Crippen LogP contribution in [-0.2, 0) is 0 Å². The summed E-state index contributed by atoms with van der Waals surface area (Å²) in [6, 6.07) is 18.3. The van der Waals surface area contributed by atoms with Gasteiger partial charge in [0.15, 0.2) is 0 Å². The second-order valence-electron chi connectivity index (χ2n) is 5.27. The molecule has 0 amide bonds. The summed E-state index contributed by atoms with van der Waals surface area (Å²) in [4.78, 5) is 4.37. The van der Waals surface area contributed by atoms with Crippen LogP contribution in [0.1, 0.15) is 13.8 Å². The van der Waals surface area contributed by atoms with E-state index in [0.29, 0.717) is 11.9 Å². The highest BCUT2D eigenvalue weighted by Gasteiger charge is 2.06. The van der Waals surface area contributed by atoms with Crippen LogP contribution in [-0.4, -0.2) is 11.0 Å². The van der Waals surface area contributed by atoms with Gasteiger partial charge in [0.25, 0.3) is 0 Å². The van der Waals surface area contributed by atoms with Gasteiger partial charge in [0.2, 0.25) is 5.88 Å². The Labute approximate surface area is 124 Å². The maximum absolute atomic E-state index is 5.91. The zero-order valence-electron chi connectivity index (χ0n) is 12.2. The Bertz CT molecular complexity index is 739. The van der Waals surface area contributed by atoms with E-state index in [1.165, 1.54) is 0 Å². The number of rotatable bonds is 4. The lowest BCUT2D eigenvalue weighted by Gasteiger charge is -2.12. The first-order valence-electron chi connectivity index (χ1n) is 7.10. The average molecular weight is 278 g/mol. The summed E-state index contributed by atoms with van der Waals surface area (Å²) >= 11 is 0. The van der Waals surface area contributed by atoms with E-state index in [1.54, 1.807) is 6.20 Å². The molecule has 21 heavy (non-hydrogen) atoms. The minimum absolute atomic E-state index is 0.387. The standard InChI is InChI=1S/C18H18N2O/c1-13(2)20-15-9-8-14-10-11-19-18(17(14)12-15)21-16-6-4-3-5-7-16/h3-13,20H,1-2H3. The molecule has 3 nitrogen and oxygen atoms in total. The summed E-state index contributed by atoms with van der Waals surface area (Å²) < 4.78 is 5.91. The molecular formula is C18H18N2O. The van der Waals surface area contributed by atoms with E-state index in [-0.39, 0.29) is 0 Å². The molecule has 0 bridgehead atoms. The smallest absolute Gasteiger partial charge is 0.227 e. The number of benzene rings is 2. The minimum Gasteiger partial charge on any atom is -0.438 e. The van der Waals surface area contributed by atoms with Crippen LogP contribution in [0.25, 0.3) is 10.8 Å². The Morgan fingerprint density at radius 2 is 1.81 bits per heavy atom. The average Bonchev–Trinajstić information content (AvgIpc) is 2.48. The number of hydrogen-bond acceptors (Lipinski definition) is 3. The van der Waals surface area contributed by atoms with E-state index >= 15 is 0 Å². The lowest BCUT2D eigenvalue weighted by Crippen LogP contribution is -2.09. The lowest BCUT2D eigenvalue weighted by atomic mass is 10.1. The molecule has 0 atom stereocenters. The summed E-state index contributed by atoms with van der Waals surface area (Å²) in [5.74, 6) is 1.42. The number of ether oxygens (including phenoxy) is 1. The van der Waals surface area contributed by atoms with Crippen LogP contribution >= 0.6 is 0 Å². The number of aromatic nitrogens is 1. The minimum atomic E-state index is 0.387. The molecule has 3 aromatic rings. The van der Waals surface area contributed by atoms with Crippen LogP contribution in [0.5, 0.6) is 11.6 Å². The molecule has 0 saturated carbocycles. The monoisotopic (exact) mass is 278 g/mol. The van der Waals surface area contributed by atoms with Gasteiger partial charge in [-0.15, -0.1) is 0 Å². The highest BCUT2D eigenvalue weighted by atomic mass is 16.5. The van der Waals surface area contributed by atoms with Crippen LogP contribution in [0.3, 0.4) is 0 Å². The number of anilines is 1. The molecule has 3 rings (SSSR count). The molecule has 1 heterocycles.